The van der Waals surface area contributed by atoms with Crippen LogP contribution in [0.15, 0.2) is 18.2 Å². The molecule has 21 heavy (non-hydrogen) atoms. The number of carbonyl (C=O) groups excluding carboxylic acids is 1. The number of benzene rings is 1. The average molecular weight is 289 g/mol. The molecule has 1 aliphatic heterocycles. The first kappa shape index (κ1) is 13.9. The van der Waals surface area contributed by atoms with Gasteiger partial charge in [0.2, 0.25) is 5.88 Å². The second-order valence-corrected chi connectivity index (χ2v) is 5.08. The molecule has 0 saturated carbocycles. The largest absolute Gasteiger partial charge is 0.476 e. The van der Waals surface area contributed by atoms with Gasteiger partial charge in [-0.15, -0.1) is 5.10 Å². The quantitative estimate of drug-likeness (QED) is 0.936. The summed E-state index contributed by atoms with van der Waals surface area (Å²) >= 11 is 0. The molecule has 0 spiro atoms. The van der Waals surface area contributed by atoms with Crippen LogP contribution in [0.5, 0.6) is 5.88 Å². The second-order valence-electron chi connectivity index (χ2n) is 5.08. The van der Waals surface area contributed by atoms with Crippen molar-refractivity contribution in [3.63, 3.8) is 0 Å². The van der Waals surface area contributed by atoms with E-state index in [9.17, 15) is 4.79 Å². The Kier molecular flexibility index (Phi) is 3.79. The fourth-order valence-electron chi connectivity index (χ4n) is 2.56. The maximum Gasteiger partial charge on any atom is 0.253 e. The Labute approximate surface area is 123 Å². The minimum absolute atomic E-state index is 0.0892. The van der Waals surface area contributed by atoms with Crippen molar-refractivity contribution in [2.45, 2.75) is 25.9 Å². The Bertz CT molecular complexity index is 659. The van der Waals surface area contributed by atoms with Crippen molar-refractivity contribution in [3.8, 4) is 5.88 Å². The third kappa shape index (κ3) is 2.71. The molecule has 112 valence electrons. The molecule has 1 unspecified atom stereocenters. The summed E-state index contributed by atoms with van der Waals surface area (Å²) in [7, 11) is 1.87. The summed E-state index contributed by atoms with van der Waals surface area (Å²) < 4.78 is 12.7. The van der Waals surface area contributed by atoms with Crippen molar-refractivity contribution < 1.29 is 14.3 Å². The summed E-state index contributed by atoms with van der Waals surface area (Å²) in [6.07, 6.45) is 1.39. The summed E-state index contributed by atoms with van der Waals surface area (Å²) in [4.78, 5) is 12.1. The smallest absolute Gasteiger partial charge is 0.253 e. The Hall–Kier alpha value is -2.08. The summed E-state index contributed by atoms with van der Waals surface area (Å²) in [6.45, 7) is 3.14. The van der Waals surface area contributed by atoms with Gasteiger partial charge >= 0.3 is 0 Å². The fourth-order valence-corrected chi connectivity index (χ4v) is 2.56. The highest BCUT2D eigenvalue weighted by molar-refractivity contribution is 5.97. The predicted molar refractivity (Wildman–Crippen MR) is 79.5 cm³/mol. The molecule has 1 atom stereocenters. The van der Waals surface area contributed by atoms with Gasteiger partial charge < -0.3 is 14.8 Å². The number of aromatic nitrogens is 2. The van der Waals surface area contributed by atoms with Gasteiger partial charge in [-0.05, 0) is 38.0 Å². The lowest BCUT2D eigenvalue weighted by Gasteiger charge is -2.10. The van der Waals surface area contributed by atoms with E-state index in [2.05, 4.69) is 10.4 Å². The van der Waals surface area contributed by atoms with Gasteiger partial charge in [-0.25, -0.2) is 0 Å². The van der Waals surface area contributed by atoms with Gasteiger partial charge in [-0.1, -0.05) is 0 Å². The standard InChI is InChI=1S/C15H19N3O3/c1-3-20-15-11-9-10(6-7-12(11)18(2)17-15)16-14(19)13-5-4-8-21-13/h6-7,9,13H,3-5,8H2,1-2H3,(H,16,19). The molecule has 3 rings (SSSR count). The summed E-state index contributed by atoms with van der Waals surface area (Å²) in [5.74, 6) is 0.497. The number of amides is 1. The lowest BCUT2D eigenvalue weighted by molar-refractivity contribution is -0.124. The molecule has 2 heterocycles. The maximum absolute atomic E-state index is 12.1. The number of rotatable bonds is 4. The molecular weight excluding hydrogens is 270 g/mol. The molecule has 1 aromatic carbocycles. The van der Waals surface area contributed by atoms with Gasteiger partial charge in [0.25, 0.3) is 5.91 Å². The van der Waals surface area contributed by atoms with Crippen LogP contribution < -0.4 is 10.1 Å². The van der Waals surface area contributed by atoms with E-state index in [0.29, 0.717) is 19.1 Å². The monoisotopic (exact) mass is 289 g/mol. The molecule has 1 N–H and O–H groups in total. The van der Waals surface area contributed by atoms with Gasteiger partial charge in [-0.3, -0.25) is 9.48 Å². The zero-order valence-electron chi connectivity index (χ0n) is 12.3. The molecule has 0 aliphatic carbocycles. The fraction of sp³-hybridized carbons (Fsp3) is 0.467. The molecule has 1 aliphatic rings. The van der Waals surface area contributed by atoms with E-state index >= 15 is 0 Å². The molecule has 6 heteroatoms. The number of anilines is 1. The molecular formula is C15H19N3O3. The van der Waals surface area contributed by atoms with Crippen LogP contribution in [0.25, 0.3) is 10.9 Å². The lowest BCUT2D eigenvalue weighted by Crippen LogP contribution is -2.26. The van der Waals surface area contributed by atoms with Crippen molar-refractivity contribution in [2.24, 2.45) is 7.05 Å². The first-order valence-electron chi connectivity index (χ1n) is 7.21. The number of aryl methyl sites for hydroxylation is 1. The van der Waals surface area contributed by atoms with Crippen LogP contribution in [0.2, 0.25) is 0 Å². The number of nitrogens with one attached hydrogen (secondary N) is 1. The third-order valence-electron chi connectivity index (χ3n) is 3.59. The minimum Gasteiger partial charge on any atom is -0.476 e. The van der Waals surface area contributed by atoms with Crippen LogP contribution in [0.4, 0.5) is 5.69 Å². The second kappa shape index (κ2) is 5.73. The number of nitrogens with zero attached hydrogens (tertiary/aromatic N) is 2. The van der Waals surface area contributed by atoms with Gasteiger partial charge in [0.1, 0.15) is 6.10 Å². The van der Waals surface area contributed by atoms with E-state index in [1.165, 1.54) is 0 Å². The van der Waals surface area contributed by atoms with Gasteiger partial charge in [-0.2, -0.15) is 0 Å². The van der Waals surface area contributed by atoms with Crippen LogP contribution in [0.1, 0.15) is 19.8 Å². The highest BCUT2D eigenvalue weighted by Crippen LogP contribution is 2.27. The van der Waals surface area contributed by atoms with Crippen LogP contribution in [0.3, 0.4) is 0 Å². The SMILES string of the molecule is CCOc1nn(C)c2ccc(NC(=O)C3CCCO3)cc12. The molecule has 1 saturated heterocycles. The molecule has 0 bridgehead atoms. The third-order valence-corrected chi connectivity index (χ3v) is 3.59. The van der Waals surface area contributed by atoms with Crippen molar-refractivity contribution in [2.75, 3.05) is 18.5 Å². The van der Waals surface area contributed by atoms with Gasteiger partial charge in [0.05, 0.1) is 17.5 Å². The highest BCUT2D eigenvalue weighted by atomic mass is 16.5. The number of fused-ring (bicyclic) bond motifs is 1. The number of carbonyl (C=O) groups is 1. The number of ether oxygens (including phenoxy) is 2. The predicted octanol–water partition coefficient (Wildman–Crippen LogP) is 2.09. The van der Waals surface area contributed by atoms with Crippen LogP contribution in [-0.4, -0.2) is 35.0 Å². The van der Waals surface area contributed by atoms with E-state index in [-0.39, 0.29) is 12.0 Å². The number of hydrogen-bond donors (Lipinski definition) is 1. The van der Waals surface area contributed by atoms with E-state index in [1.807, 2.05) is 32.2 Å². The Morgan fingerprint density at radius 2 is 2.43 bits per heavy atom. The summed E-state index contributed by atoms with van der Waals surface area (Å²) in [6, 6.07) is 5.68. The van der Waals surface area contributed by atoms with Crippen molar-refractivity contribution >= 4 is 22.5 Å². The minimum atomic E-state index is -0.332. The topological polar surface area (TPSA) is 65.4 Å². The molecule has 1 amide bonds. The van der Waals surface area contributed by atoms with Crippen molar-refractivity contribution in [1.82, 2.24) is 9.78 Å². The van der Waals surface area contributed by atoms with Crippen molar-refractivity contribution in [1.29, 1.82) is 0 Å². The van der Waals surface area contributed by atoms with Crippen molar-refractivity contribution in [3.05, 3.63) is 18.2 Å². The van der Waals surface area contributed by atoms with Gasteiger partial charge in [0, 0.05) is 19.3 Å². The highest BCUT2D eigenvalue weighted by Gasteiger charge is 2.23. The molecule has 1 fully saturated rings. The molecule has 2 aromatic rings. The van der Waals surface area contributed by atoms with Crippen LogP contribution in [0, 0.1) is 0 Å². The number of hydrogen-bond acceptors (Lipinski definition) is 4. The normalized spacial score (nSPS) is 18.1. The zero-order valence-corrected chi connectivity index (χ0v) is 12.3. The first-order chi connectivity index (χ1) is 10.2. The Balaban J connectivity index is 1.85. The summed E-state index contributed by atoms with van der Waals surface area (Å²) in [5, 5.41) is 8.13. The summed E-state index contributed by atoms with van der Waals surface area (Å²) in [5.41, 5.74) is 1.70. The molecule has 6 nitrogen and oxygen atoms in total. The Morgan fingerprint density at radius 1 is 1.57 bits per heavy atom. The van der Waals surface area contributed by atoms with Crippen LogP contribution in [-0.2, 0) is 16.6 Å². The van der Waals surface area contributed by atoms with E-state index in [0.717, 1.165) is 29.4 Å². The molecule has 1 aromatic heterocycles. The van der Waals surface area contributed by atoms with Crippen LogP contribution >= 0.6 is 0 Å². The van der Waals surface area contributed by atoms with E-state index < -0.39 is 0 Å². The molecule has 0 radical (unpaired) electrons. The first-order valence-corrected chi connectivity index (χ1v) is 7.21. The lowest BCUT2D eigenvalue weighted by atomic mass is 10.2. The Morgan fingerprint density at radius 3 is 3.14 bits per heavy atom. The van der Waals surface area contributed by atoms with Gasteiger partial charge in [0.15, 0.2) is 0 Å². The zero-order chi connectivity index (χ0) is 14.8. The average Bonchev–Trinajstić information content (AvgIpc) is 3.09. The van der Waals surface area contributed by atoms with E-state index in [1.54, 1.807) is 4.68 Å². The van der Waals surface area contributed by atoms with E-state index in [4.69, 9.17) is 9.47 Å². The maximum atomic E-state index is 12.1.